The number of hydrogen-bond donors (Lipinski definition) is 0. The van der Waals surface area contributed by atoms with Crippen molar-refractivity contribution in [3.05, 3.63) is 107 Å². The SMILES string of the molecule is CCCCCOc1ccc(OCc2ccc(-c3ccc(-c4ccc(C)cc4)c(F)c3F)cc2)c(F)c1. The Hall–Kier alpha value is -3.73. The van der Waals surface area contributed by atoms with Crippen LogP contribution in [0, 0.1) is 24.4 Å². The maximum absolute atomic E-state index is 14.9. The van der Waals surface area contributed by atoms with Crippen LogP contribution < -0.4 is 9.47 Å². The number of rotatable bonds is 10. The highest BCUT2D eigenvalue weighted by molar-refractivity contribution is 5.72. The second-order valence-corrected chi connectivity index (χ2v) is 8.79. The van der Waals surface area contributed by atoms with Gasteiger partial charge in [0.2, 0.25) is 0 Å². The zero-order valence-electron chi connectivity index (χ0n) is 20.5. The molecule has 0 atom stereocenters. The Labute approximate surface area is 210 Å². The first kappa shape index (κ1) is 25.4. The molecule has 0 amide bonds. The Bertz CT molecular complexity index is 1300. The monoisotopic (exact) mass is 490 g/mol. The molecule has 0 aliphatic rings. The van der Waals surface area contributed by atoms with Crippen LogP contribution in [0.3, 0.4) is 0 Å². The molecule has 4 rings (SSSR count). The summed E-state index contributed by atoms with van der Waals surface area (Å²) in [4.78, 5) is 0. The number of aryl methyl sites for hydroxylation is 1. The third kappa shape index (κ3) is 6.09. The van der Waals surface area contributed by atoms with Gasteiger partial charge in [0, 0.05) is 17.2 Å². The lowest BCUT2D eigenvalue weighted by Gasteiger charge is -2.11. The number of hydrogen-bond acceptors (Lipinski definition) is 2. The van der Waals surface area contributed by atoms with Crippen LogP contribution in [0.4, 0.5) is 13.2 Å². The van der Waals surface area contributed by atoms with Crippen LogP contribution in [-0.4, -0.2) is 6.61 Å². The van der Waals surface area contributed by atoms with E-state index < -0.39 is 17.5 Å². The van der Waals surface area contributed by atoms with Crippen LogP contribution in [0.15, 0.2) is 78.9 Å². The van der Waals surface area contributed by atoms with Crippen LogP contribution in [0.5, 0.6) is 11.5 Å². The van der Waals surface area contributed by atoms with Gasteiger partial charge in [-0.3, -0.25) is 0 Å². The van der Waals surface area contributed by atoms with E-state index >= 15 is 0 Å². The molecule has 4 aromatic rings. The Morgan fingerprint density at radius 3 is 1.86 bits per heavy atom. The van der Waals surface area contributed by atoms with Crippen molar-refractivity contribution < 1.29 is 22.6 Å². The molecule has 0 heterocycles. The molecular weight excluding hydrogens is 461 g/mol. The predicted molar refractivity (Wildman–Crippen MR) is 138 cm³/mol. The van der Waals surface area contributed by atoms with Gasteiger partial charge < -0.3 is 9.47 Å². The number of unbranched alkanes of at least 4 members (excludes halogenated alkanes) is 2. The number of benzene rings is 4. The van der Waals surface area contributed by atoms with Gasteiger partial charge in [0.15, 0.2) is 23.2 Å². The highest BCUT2D eigenvalue weighted by atomic mass is 19.2. The van der Waals surface area contributed by atoms with Crippen LogP contribution in [0.25, 0.3) is 22.3 Å². The zero-order chi connectivity index (χ0) is 25.5. The van der Waals surface area contributed by atoms with Crippen LogP contribution in [0.1, 0.15) is 37.3 Å². The fourth-order valence-corrected chi connectivity index (χ4v) is 3.90. The summed E-state index contributed by atoms with van der Waals surface area (Å²) < 4.78 is 55.3. The summed E-state index contributed by atoms with van der Waals surface area (Å²) >= 11 is 0. The zero-order valence-corrected chi connectivity index (χ0v) is 20.5. The fourth-order valence-electron chi connectivity index (χ4n) is 3.90. The van der Waals surface area contributed by atoms with E-state index in [1.807, 2.05) is 19.1 Å². The topological polar surface area (TPSA) is 18.5 Å². The molecule has 0 saturated carbocycles. The quantitative estimate of drug-likeness (QED) is 0.207. The minimum atomic E-state index is -0.892. The molecule has 0 N–H and O–H groups in total. The van der Waals surface area contributed by atoms with Gasteiger partial charge in [-0.05, 0) is 42.2 Å². The molecule has 0 saturated heterocycles. The second kappa shape index (κ2) is 11.8. The Morgan fingerprint density at radius 1 is 0.667 bits per heavy atom. The number of ether oxygens (including phenoxy) is 2. The summed E-state index contributed by atoms with van der Waals surface area (Å²) in [5.74, 6) is -1.67. The third-order valence-electron chi connectivity index (χ3n) is 6.02. The van der Waals surface area contributed by atoms with Gasteiger partial charge in [-0.25, -0.2) is 13.2 Å². The van der Waals surface area contributed by atoms with Crippen molar-refractivity contribution in [2.75, 3.05) is 6.61 Å². The minimum absolute atomic E-state index is 0.125. The van der Waals surface area contributed by atoms with Crippen molar-refractivity contribution in [2.24, 2.45) is 0 Å². The van der Waals surface area contributed by atoms with Crippen molar-refractivity contribution in [3.63, 3.8) is 0 Å². The van der Waals surface area contributed by atoms with Gasteiger partial charge in [-0.15, -0.1) is 0 Å². The summed E-state index contributed by atoms with van der Waals surface area (Å²) in [6.07, 6.45) is 3.10. The molecule has 0 fully saturated rings. The maximum Gasteiger partial charge on any atom is 0.168 e. The Balaban J connectivity index is 1.41. The lowest BCUT2D eigenvalue weighted by atomic mass is 9.98. The average Bonchev–Trinajstić information content (AvgIpc) is 2.89. The van der Waals surface area contributed by atoms with Crippen LogP contribution in [-0.2, 0) is 6.61 Å². The molecule has 0 unspecified atom stereocenters. The highest BCUT2D eigenvalue weighted by Gasteiger charge is 2.16. The molecule has 4 aromatic carbocycles. The van der Waals surface area contributed by atoms with E-state index in [1.165, 1.54) is 6.07 Å². The van der Waals surface area contributed by atoms with Gasteiger partial charge >= 0.3 is 0 Å². The van der Waals surface area contributed by atoms with Gasteiger partial charge in [0.25, 0.3) is 0 Å². The van der Waals surface area contributed by atoms with E-state index in [1.54, 1.807) is 60.7 Å². The summed E-state index contributed by atoms with van der Waals surface area (Å²) in [7, 11) is 0. The normalized spacial score (nSPS) is 10.9. The molecular formula is C31H29F3O2. The van der Waals surface area contributed by atoms with Crippen LogP contribution >= 0.6 is 0 Å². The maximum atomic E-state index is 14.9. The van der Waals surface area contributed by atoms with Crippen molar-refractivity contribution in [3.8, 4) is 33.8 Å². The van der Waals surface area contributed by atoms with E-state index in [-0.39, 0.29) is 23.5 Å². The van der Waals surface area contributed by atoms with E-state index in [4.69, 9.17) is 9.47 Å². The van der Waals surface area contributed by atoms with Gasteiger partial charge in [0.1, 0.15) is 12.4 Å². The molecule has 0 aromatic heterocycles. The van der Waals surface area contributed by atoms with E-state index in [0.717, 1.165) is 30.4 Å². The van der Waals surface area contributed by atoms with Crippen LogP contribution in [0.2, 0.25) is 0 Å². The molecule has 0 aliphatic carbocycles. The Morgan fingerprint density at radius 2 is 1.28 bits per heavy atom. The largest absolute Gasteiger partial charge is 0.493 e. The first-order chi connectivity index (χ1) is 17.5. The minimum Gasteiger partial charge on any atom is -0.493 e. The third-order valence-corrected chi connectivity index (χ3v) is 6.02. The van der Waals surface area contributed by atoms with E-state index in [2.05, 4.69) is 6.92 Å². The van der Waals surface area contributed by atoms with Gasteiger partial charge in [0.05, 0.1) is 6.61 Å². The van der Waals surface area contributed by atoms with E-state index in [0.29, 0.717) is 23.5 Å². The first-order valence-electron chi connectivity index (χ1n) is 12.2. The van der Waals surface area contributed by atoms with Gasteiger partial charge in [-0.2, -0.15) is 0 Å². The van der Waals surface area contributed by atoms with Crippen molar-refractivity contribution in [2.45, 2.75) is 39.7 Å². The smallest absolute Gasteiger partial charge is 0.168 e. The molecule has 0 radical (unpaired) electrons. The summed E-state index contributed by atoms with van der Waals surface area (Å²) in [6.45, 7) is 4.74. The highest BCUT2D eigenvalue weighted by Crippen LogP contribution is 2.32. The average molecular weight is 491 g/mol. The second-order valence-electron chi connectivity index (χ2n) is 8.79. The molecule has 0 spiro atoms. The van der Waals surface area contributed by atoms with Crippen molar-refractivity contribution in [1.82, 2.24) is 0 Å². The van der Waals surface area contributed by atoms with Crippen molar-refractivity contribution in [1.29, 1.82) is 0 Å². The molecule has 186 valence electrons. The van der Waals surface area contributed by atoms with Gasteiger partial charge in [-0.1, -0.05) is 86.0 Å². The summed E-state index contributed by atoms with van der Waals surface area (Å²) in [5, 5.41) is 0. The lowest BCUT2D eigenvalue weighted by molar-refractivity contribution is 0.283. The summed E-state index contributed by atoms with van der Waals surface area (Å²) in [6, 6.07) is 21.9. The lowest BCUT2D eigenvalue weighted by Crippen LogP contribution is -2.00. The molecule has 36 heavy (non-hydrogen) atoms. The number of halogens is 3. The standard InChI is InChI=1S/C31H29F3O2/c1-3-4-5-18-35-25-14-17-29(28(32)19-25)36-20-22-8-12-24(13-9-22)27-16-15-26(30(33)31(27)34)23-10-6-21(2)7-11-23/h6-17,19H,3-5,18,20H2,1-2H3. The van der Waals surface area contributed by atoms with Crippen molar-refractivity contribution >= 4 is 0 Å². The molecule has 5 heteroatoms. The van der Waals surface area contributed by atoms with E-state index in [9.17, 15) is 13.2 Å². The summed E-state index contributed by atoms with van der Waals surface area (Å²) in [5.41, 5.74) is 3.39. The Kier molecular flexibility index (Phi) is 8.32. The fraction of sp³-hybridized carbons (Fsp3) is 0.226. The first-order valence-corrected chi connectivity index (χ1v) is 12.2. The molecule has 0 bridgehead atoms. The molecule has 2 nitrogen and oxygen atoms in total. The molecule has 0 aliphatic heterocycles. The predicted octanol–water partition coefficient (Wildman–Crippen LogP) is 8.89.